The lowest BCUT2D eigenvalue weighted by molar-refractivity contribution is 0.366. The van der Waals surface area contributed by atoms with E-state index in [4.69, 9.17) is 0 Å². The van der Waals surface area contributed by atoms with Gasteiger partial charge in [0.15, 0.2) is 9.84 Å². The molecule has 0 spiro atoms. The average Bonchev–Trinajstić information content (AvgIpc) is 3.27. The summed E-state index contributed by atoms with van der Waals surface area (Å²) in [5.41, 5.74) is 4.38. The van der Waals surface area contributed by atoms with E-state index in [-0.39, 0.29) is 10.9 Å². The number of sulfone groups is 1. The van der Waals surface area contributed by atoms with Crippen LogP contribution < -0.4 is 4.90 Å². The number of pyridine rings is 1. The summed E-state index contributed by atoms with van der Waals surface area (Å²) in [5, 5.41) is 8.79. The molecule has 0 atom stereocenters. The zero-order chi connectivity index (χ0) is 23.0. The van der Waals surface area contributed by atoms with Gasteiger partial charge in [0.05, 0.1) is 22.8 Å². The summed E-state index contributed by atoms with van der Waals surface area (Å²) < 4.78 is 25.3. The first-order valence-corrected chi connectivity index (χ1v) is 12.9. The van der Waals surface area contributed by atoms with Crippen molar-refractivity contribution in [3.05, 3.63) is 54.5 Å². The summed E-state index contributed by atoms with van der Waals surface area (Å²) in [6.45, 7) is 3.81. The van der Waals surface area contributed by atoms with Gasteiger partial charge in [-0.25, -0.2) is 23.1 Å². The van der Waals surface area contributed by atoms with Crippen molar-refractivity contribution >= 4 is 26.8 Å². The van der Waals surface area contributed by atoms with Crippen LogP contribution in [0.4, 0.5) is 5.95 Å². The van der Waals surface area contributed by atoms with E-state index in [2.05, 4.69) is 37.1 Å². The van der Waals surface area contributed by atoms with E-state index >= 15 is 0 Å². The number of aryl methyl sites for hydroxylation is 1. The molecule has 5 rings (SSSR count). The van der Waals surface area contributed by atoms with E-state index in [9.17, 15) is 8.42 Å². The fourth-order valence-corrected chi connectivity index (χ4v) is 4.77. The number of piperidine rings is 1. The minimum absolute atomic E-state index is 0.239. The van der Waals surface area contributed by atoms with Gasteiger partial charge in [0, 0.05) is 37.3 Å². The highest BCUT2D eigenvalue weighted by Crippen LogP contribution is 2.28. The van der Waals surface area contributed by atoms with Crippen molar-refractivity contribution in [2.45, 2.75) is 37.1 Å². The van der Waals surface area contributed by atoms with E-state index in [1.54, 1.807) is 30.5 Å². The second-order valence-electron chi connectivity index (χ2n) is 8.35. The first-order chi connectivity index (χ1) is 15.9. The fourth-order valence-electron chi connectivity index (χ4n) is 4.14. The molecule has 0 amide bonds. The molecule has 0 N–H and O–H groups in total. The minimum Gasteiger partial charge on any atom is -0.341 e. The number of hydrogen-bond donors (Lipinski definition) is 0. The van der Waals surface area contributed by atoms with Gasteiger partial charge in [-0.1, -0.05) is 24.3 Å². The van der Waals surface area contributed by atoms with Crippen LogP contribution in [0, 0.1) is 0 Å². The Bertz CT molecular complexity index is 1370. The van der Waals surface area contributed by atoms with Gasteiger partial charge in [0.1, 0.15) is 11.0 Å². The van der Waals surface area contributed by atoms with Crippen LogP contribution in [0.25, 0.3) is 22.3 Å². The van der Waals surface area contributed by atoms with Crippen molar-refractivity contribution in [1.82, 2.24) is 29.9 Å². The van der Waals surface area contributed by atoms with Gasteiger partial charge in [-0.05, 0) is 43.0 Å². The van der Waals surface area contributed by atoms with E-state index in [0.717, 1.165) is 66.2 Å². The van der Waals surface area contributed by atoms with Crippen molar-refractivity contribution in [2.24, 2.45) is 0 Å². The quantitative estimate of drug-likeness (QED) is 0.444. The predicted molar refractivity (Wildman–Crippen MR) is 126 cm³/mol. The molecule has 1 fully saturated rings. The SMILES string of the molecule is CCc1cnc(N2CCC(n3nnc4cc(-c5ccc(S(C)(=O)=O)cc5)ncc43)CC2)nc1. The van der Waals surface area contributed by atoms with E-state index in [1.165, 1.54) is 6.26 Å². The summed E-state index contributed by atoms with van der Waals surface area (Å²) in [6.07, 6.45) is 9.58. The lowest BCUT2D eigenvalue weighted by atomic mass is 10.1. The van der Waals surface area contributed by atoms with Gasteiger partial charge in [-0.2, -0.15) is 0 Å². The van der Waals surface area contributed by atoms with Crippen LogP contribution in [0.15, 0.2) is 53.8 Å². The molecule has 4 aromatic rings. The van der Waals surface area contributed by atoms with E-state index < -0.39 is 9.84 Å². The number of anilines is 1. The Morgan fingerprint density at radius 2 is 1.70 bits per heavy atom. The highest BCUT2D eigenvalue weighted by Gasteiger charge is 2.24. The second kappa shape index (κ2) is 8.51. The summed E-state index contributed by atoms with van der Waals surface area (Å²) in [4.78, 5) is 16.1. The standard InChI is InChI=1S/C23H25N7O2S/c1-3-16-13-25-23(26-14-16)29-10-8-18(9-11-29)30-22-15-24-20(12-21(22)27-28-30)17-4-6-19(7-5-17)33(2,31)32/h4-7,12-15,18H,3,8-11H2,1-2H3. The molecule has 33 heavy (non-hydrogen) atoms. The number of rotatable bonds is 5. The molecule has 1 aliphatic rings. The fraction of sp³-hybridized carbons (Fsp3) is 0.348. The highest BCUT2D eigenvalue weighted by atomic mass is 32.2. The summed E-state index contributed by atoms with van der Waals surface area (Å²) in [5.74, 6) is 0.780. The van der Waals surface area contributed by atoms with Crippen LogP contribution in [0.5, 0.6) is 0 Å². The molecule has 170 valence electrons. The molecule has 1 aromatic carbocycles. The normalized spacial score (nSPS) is 15.3. The van der Waals surface area contributed by atoms with E-state index in [0.29, 0.717) is 0 Å². The van der Waals surface area contributed by atoms with Gasteiger partial charge in [-0.3, -0.25) is 4.98 Å². The maximum Gasteiger partial charge on any atom is 0.225 e. The van der Waals surface area contributed by atoms with E-state index in [1.807, 2.05) is 23.1 Å². The Labute approximate surface area is 192 Å². The Morgan fingerprint density at radius 1 is 1.00 bits per heavy atom. The monoisotopic (exact) mass is 463 g/mol. The molecule has 3 aromatic heterocycles. The zero-order valence-electron chi connectivity index (χ0n) is 18.6. The molecule has 0 aliphatic carbocycles. The summed E-state index contributed by atoms with van der Waals surface area (Å²) in [6, 6.07) is 8.86. The zero-order valence-corrected chi connectivity index (χ0v) is 19.4. The molecular formula is C23H25N7O2S. The molecule has 0 radical (unpaired) electrons. The molecule has 0 bridgehead atoms. The maximum atomic E-state index is 11.7. The van der Waals surface area contributed by atoms with Crippen molar-refractivity contribution in [2.75, 3.05) is 24.2 Å². The molecule has 1 saturated heterocycles. The van der Waals surface area contributed by atoms with Crippen molar-refractivity contribution in [3.8, 4) is 11.3 Å². The Balaban J connectivity index is 1.32. The molecule has 0 saturated carbocycles. The Morgan fingerprint density at radius 3 is 2.33 bits per heavy atom. The molecular weight excluding hydrogens is 438 g/mol. The van der Waals surface area contributed by atoms with Crippen LogP contribution in [-0.2, 0) is 16.3 Å². The Hall–Kier alpha value is -3.40. The topological polar surface area (TPSA) is 107 Å². The van der Waals surface area contributed by atoms with Gasteiger partial charge >= 0.3 is 0 Å². The van der Waals surface area contributed by atoms with Gasteiger partial charge in [-0.15, -0.1) is 5.10 Å². The van der Waals surface area contributed by atoms with Gasteiger partial charge in [0.2, 0.25) is 5.95 Å². The van der Waals surface area contributed by atoms with Crippen molar-refractivity contribution in [1.29, 1.82) is 0 Å². The largest absolute Gasteiger partial charge is 0.341 e. The summed E-state index contributed by atoms with van der Waals surface area (Å²) >= 11 is 0. The Kier molecular flexibility index (Phi) is 5.53. The second-order valence-corrected chi connectivity index (χ2v) is 10.4. The highest BCUT2D eigenvalue weighted by molar-refractivity contribution is 7.90. The minimum atomic E-state index is -3.23. The summed E-state index contributed by atoms with van der Waals surface area (Å²) in [7, 11) is -3.23. The molecule has 0 unspecified atom stereocenters. The average molecular weight is 464 g/mol. The first-order valence-electron chi connectivity index (χ1n) is 11.0. The molecule has 9 nitrogen and oxygen atoms in total. The van der Waals surface area contributed by atoms with Crippen LogP contribution in [0.2, 0.25) is 0 Å². The predicted octanol–water partition coefficient (Wildman–Crippen LogP) is 3.09. The first kappa shape index (κ1) is 21.4. The van der Waals surface area contributed by atoms with Crippen LogP contribution >= 0.6 is 0 Å². The maximum absolute atomic E-state index is 11.7. The number of hydrogen-bond acceptors (Lipinski definition) is 8. The van der Waals surface area contributed by atoms with Crippen LogP contribution in [0.3, 0.4) is 0 Å². The van der Waals surface area contributed by atoms with Crippen molar-refractivity contribution in [3.63, 3.8) is 0 Å². The van der Waals surface area contributed by atoms with Crippen LogP contribution in [0.1, 0.15) is 31.4 Å². The lowest BCUT2D eigenvalue weighted by Crippen LogP contribution is -2.36. The van der Waals surface area contributed by atoms with Gasteiger partial charge < -0.3 is 4.90 Å². The molecule has 1 aliphatic heterocycles. The molecule has 4 heterocycles. The van der Waals surface area contributed by atoms with Gasteiger partial charge in [0.25, 0.3) is 0 Å². The van der Waals surface area contributed by atoms with Crippen LogP contribution in [-0.4, -0.2) is 57.7 Å². The third kappa shape index (κ3) is 4.30. The smallest absolute Gasteiger partial charge is 0.225 e. The third-order valence-electron chi connectivity index (χ3n) is 6.13. The number of aromatic nitrogens is 6. The third-order valence-corrected chi connectivity index (χ3v) is 7.26. The number of fused-ring (bicyclic) bond motifs is 1. The lowest BCUT2D eigenvalue weighted by Gasteiger charge is -2.32. The number of benzene rings is 1. The molecule has 10 heteroatoms. The van der Waals surface area contributed by atoms with Crippen molar-refractivity contribution < 1.29 is 8.42 Å². The number of nitrogens with zero attached hydrogens (tertiary/aromatic N) is 7.